The van der Waals surface area contributed by atoms with Gasteiger partial charge in [0.2, 0.25) is 0 Å². The molecule has 1 aliphatic rings. The molecule has 0 aliphatic carbocycles. The minimum absolute atomic E-state index is 0.0493. The number of rotatable bonds is 1. The van der Waals surface area contributed by atoms with E-state index in [1.165, 1.54) is 5.56 Å². The van der Waals surface area contributed by atoms with E-state index in [9.17, 15) is 4.79 Å². The number of carbonyl (C=O) groups excluding carboxylic acids is 1. The van der Waals surface area contributed by atoms with E-state index in [1.807, 2.05) is 36.1 Å². The summed E-state index contributed by atoms with van der Waals surface area (Å²) in [5.41, 5.74) is 4.28. The highest BCUT2D eigenvalue weighted by molar-refractivity contribution is 6.06. The Morgan fingerprint density at radius 2 is 2.10 bits per heavy atom. The molecule has 0 fully saturated rings. The van der Waals surface area contributed by atoms with Crippen LogP contribution >= 0.6 is 0 Å². The van der Waals surface area contributed by atoms with Crippen molar-refractivity contribution in [1.82, 2.24) is 14.6 Å². The molecule has 104 valence electrons. The molecule has 21 heavy (non-hydrogen) atoms. The lowest BCUT2D eigenvalue weighted by atomic mass is 10.2. The summed E-state index contributed by atoms with van der Waals surface area (Å²) < 4.78 is 1.73. The molecule has 1 aromatic carbocycles. The van der Waals surface area contributed by atoms with Gasteiger partial charge in [0, 0.05) is 24.0 Å². The summed E-state index contributed by atoms with van der Waals surface area (Å²) in [7, 11) is 0. The van der Waals surface area contributed by atoms with Gasteiger partial charge >= 0.3 is 0 Å². The summed E-state index contributed by atoms with van der Waals surface area (Å²) in [6.45, 7) is 2.64. The first-order valence-electron chi connectivity index (χ1n) is 6.95. The van der Waals surface area contributed by atoms with Gasteiger partial charge in [-0.05, 0) is 31.0 Å². The molecule has 3 aromatic rings. The van der Waals surface area contributed by atoms with Crippen LogP contribution in [-0.4, -0.2) is 27.0 Å². The maximum Gasteiger partial charge on any atom is 0.277 e. The fourth-order valence-electron chi connectivity index (χ4n) is 2.86. The van der Waals surface area contributed by atoms with Crippen molar-refractivity contribution in [3.05, 3.63) is 59.5 Å². The van der Waals surface area contributed by atoms with Crippen LogP contribution in [-0.2, 0) is 6.42 Å². The van der Waals surface area contributed by atoms with Crippen LogP contribution in [0, 0.1) is 6.92 Å². The van der Waals surface area contributed by atoms with Gasteiger partial charge in [0.25, 0.3) is 5.91 Å². The van der Waals surface area contributed by atoms with E-state index >= 15 is 0 Å². The standard InChI is InChI=1S/C16H14N4O/c1-11-10-13(18-15-6-8-17-20(11)15)16(21)19-9-7-12-4-2-3-5-14(12)19/h2-6,8,10H,7,9H2,1H3. The maximum absolute atomic E-state index is 12.8. The highest BCUT2D eigenvalue weighted by atomic mass is 16.2. The number of hydrogen-bond acceptors (Lipinski definition) is 3. The fraction of sp³-hybridized carbons (Fsp3) is 0.188. The van der Waals surface area contributed by atoms with Gasteiger partial charge < -0.3 is 4.90 Å². The van der Waals surface area contributed by atoms with Crippen LogP contribution < -0.4 is 4.90 Å². The van der Waals surface area contributed by atoms with E-state index < -0.39 is 0 Å². The van der Waals surface area contributed by atoms with E-state index in [1.54, 1.807) is 16.8 Å². The van der Waals surface area contributed by atoms with Crippen LogP contribution in [0.5, 0.6) is 0 Å². The van der Waals surface area contributed by atoms with Crippen molar-refractivity contribution in [2.24, 2.45) is 0 Å². The van der Waals surface area contributed by atoms with Crippen molar-refractivity contribution >= 4 is 17.2 Å². The monoisotopic (exact) mass is 278 g/mol. The number of fused-ring (bicyclic) bond motifs is 2. The number of benzene rings is 1. The molecule has 5 heteroatoms. The first kappa shape index (κ1) is 12.1. The molecular weight excluding hydrogens is 264 g/mol. The minimum Gasteiger partial charge on any atom is -0.306 e. The lowest BCUT2D eigenvalue weighted by Crippen LogP contribution is -2.30. The average molecular weight is 278 g/mol. The summed E-state index contributed by atoms with van der Waals surface area (Å²) >= 11 is 0. The van der Waals surface area contributed by atoms with Gasteiger partial charge in [-0.1, -0.05) is 18.2 Å². The van der Waals surface area contributed by atoms with E-state index in [4.69, 9.17) is 0 Å². The van der Waals surface area contributed by atoms with Crippen LogP contribution in [0.3, 0.4) is 0 Å². The molecule has 0 spiro atoms. The molecule has 0 unspecified atom stereocenters. The van der Waals surface area contributed by atoms with Crippen molar-refractivity contribution in [2.45, 2.75) is 13.3 Å². The number of amides is 1. The zero-order valence-electron chi connectivity index (χ0n) is 11.7. The summed E-state index contributed by atoms with van der Waals surface area (Å²) in [6, 6.07) is 11.6. The van der Waals surface area contributed by atoms with Crippen molar-refractivity contribution in [1.29, 1.82) is 0 Å². The number of nitrogens with zero attached hydrogens (tertiary/aromatic N) is 4. The SMILES string of the molecule is Cc1cc(C(=O)N2CCc3ccccc32)nc2ccnn12. The quantitative estimate of drug-likeness (QED) is 0.686. The minimum atomic E-state index is -0.0493. The van der Waals surface area contributed by atoms with Crippen molar-refractivity contribution in [3.63, 3.8) is 0 Å². The third-order valence-electron chi connectivity index (χ3n) is 3.89. The number of anilines is 1. The smallest absolute Gasteiger partial charge is 0.277 e. The molecule has 3 heterocycles. The molecule has 1 amide bonds. The van der Waals surface area contributed by atoms with Gasteiger partial charge in [-0.25, -0.2) is 9.50 Å². The predicted octanol–water partition coefficient (Wildman–Crippen LogP) is 2.24. The number of aryl methyl sites for hydroxylation is 1. The van der Waals surface area contributed by atoms with Crippen LogP contribution in [0.1, 0.15) is 21.7 Å². The Morgan fingerprint density at radius 3 is 3.00 bits per heavy atom. The molecule has 0 saturated carbocycles. The van der Waals surface area contributed by atoms with Crippen LogP contribution in [0.4, 0.5) is 5.69 Å². The third kappa shape index (κ3) is 1.81. The Morgan fingerprint density at radius 1 is 1.24 bits per heavy atom. The van der Waals surface area contributed by atoms with E-state index in [-0.39, 0.29) is 5.91 Å². The Kier molecular flexibility index (Phi) is 2.54. The number of aromatic nitrogens is 3. The number of hydrogen-bond donors (Lipinski definition) is 0. The molecule has 5 nitrogen and oxygen atoms in total. The van der Waals surface area contributed by atoms with Gasteiger partial charge in [-0.2, -0.15) is 5.10 Å². The second-order valence-electron chi connectivity index (χ2n) is 5.22. The van der Waals surface area contributed by atoms with E-state index in [2.05, 4.69) is 16.1 Å². The second kappa shape index (κ2) is 4.41. The molecule has 0 saturated heterocycles. The van der Waals surface area contributed by atoms with Crippen molar-refractivity contribution in [3.8, 4) is 0 Å². The van der Waals surface area contributed by atoms with Crippen molar-refractivity contribution < 1.29 is 4.79 Å². The first-order chi connectivity index (χ1) is 10.2. The largest absolute Gasteiger partial charge is 0.306 e. The molecule has 2 aromatic heterocycles. The Hall–Kier alpha value is -2.69. The average Bonchev–Trinajstić information content (AvgIpc) is 3.13. The normalized spacial score (nSPS) is 13.7. The topological polar surface area (TPSA) is 50.5 Å². The van der Waals surface area contributed by atoms with Crippen molar-refractivity contribution in [2.75, 3.05) is 11.4 Å². The van der Waals surface area contributed by atoms with Gasteiger partial charge in [-0.3, -0.25) is 4.79 Å². The van der Waals surface area contributed by atoms with Crippen LogP contribution in [0.15, 0.2) is 42.6 Å². The zero-order valence-corrected chi connectivity index (χ0v) is 11.7. The Bertz CT molecular complexity index is 852. The number of para-hydroxylation sites is 1. The van der Waals surface area contributed by atoms with E-state index in [0.29, 0.717) is 17.9 Å². The maximum atomic E-state index is 12.8. The second-order valence-corrected chi connectivity index (χ2v) is 5.22. The molecule has 0 N–H and O–H groups in total. The molecule has 0 bridgehead atoms. The van der Waals surface area contributed by atoms with E-state index in [0.717, 1.165) is 17.8 Å². The first-order valence-corrected chi connectivity index (χ1v) is 6.95. The molecule has 0 radical (unpaired) electrons. The van der Waals surface area contributed by atoms with Crippen LogP contribution in [0.2, 0.25) is 0 Å². The highest BCUT2D eigenvalue weighted by Gasteiger charge is 2.26. The lowest BCUT2D eigenvalue weighted by molar-refractivity contribution is 0.0984. The molecular formula is C16H14N4O. The molecule has 4 rings (SSSR count). The summed E-state index contributed by atoms with van der Waals surface area (Å²) in [5.74, 6) is -0.0493. The van der Waals surface area contributed by atoms with Gasteiger partial charge in [0.15, 0.2) is 5.65 Å². The highest BCUT2D eigenvalue weighted by Crippen LogP contribution is 2.28. The van der Waals surface area contributed by atoms with Gasteiger partial charge in [0.05, 0.1) is 6.20 Å². The van der Waals surface area contributed by atoms with Gasteiger partial charge in [-0.15, -0.1) is 0 Å². The summed E-state index contributed by atoms with van der Waals surface area (Å²) in [5, 5.41) is 4.18. The molecule has 0 atom stereocenters. The lowest BCUT2D eigenvalue weighted by Gasteiger charge is -2.17. The van der Waals surface area contributed by atoms with Gasteiger partial charge in [0.1, 0.15) is 5.69 Å². The zero-order chi connectivity index (χ0) is 14.4. The summed E-state index contributed by atoms with van der Waals surface area (Å²) in [4.78, 5) is 19.0. The third-order valence-corrected chi connectivity index (χ3v) is 3.89. The number of carbonyl (C=O) groups is 1. The molecule has 1 aliphatic heterocycles. The fourth-order valence-corrected chi connectivity index (χ4v) is 2.86. The Labute approximate surface area is 121 Å². The summed E-state index contributed by atoms with van der Waals surface area (Å²) in [6.07, 6.45) is 2.59. The predicted molar refractivity (Wildman–Crippen MR) is 79.5 cm³/mol. The Balaban J connectivity index is 1.77. The van der Waals surface area contributed by atoms with Crippen LogP contribution in [0.25, 0.3) is 5.65 Å².